The minimum atomic E-state index is -3.01. The first kappa shape index (κ1) is 13.9. The van der Waals surface area contributed by atoms with Gasteiger partial charge in [0.15, 0.2) is 9.84 Å². The zero-order valence-electron chi connectivity index (χ0n) is 10.1. The summed E-state index contributed by atoms with van der Waals surface area (Å²) in [6.45, 7) is 5.19. The summed E-state index contributed by atoms with van der Waals surface area (Å²) >= 11 is 0. The van der Waals surface area contributed by atoms with Crippen LogP contribution in [0.1, 0.15) is 33.1 Å². The lowest BCUT2D eigenvalue weighted by molar-refractivity contribution is 0.166. The molecule has 0 aromatic rings. The number of hydrogen-bond donors (Lipinski definition) is 2. The van der Waals surface area contributed by atoms with E-state index in [1.165, 1.54) is 6.42 Å². The van der Waals surface area contributed by atoms with Crippen molar-refractivity contribution in [1.82, 2.24) is 5.32 Å². The summed E-state index contributed by atoms with van der Waals surface area (Å²) in [6, 6.07) is -0.260. The highest BCUT2D eigenvalue weighted by Crippen LogP contribution is 2.12. The Balaban J connectivity index is 2.14. The van der Waals surface area contributed by atoms with Crippen LogP contribution < -0.4 is 5.32 Å². The molecule has 1 saturated heterocycles. The van der Waals surface area contributed by atoms with Crippen LogP contribution in [-0.2, 0) is 9.84 Å². The number of sulfone groups is 1. The summed E-state index contributed by atoms with van der Waals surface area (Å²) in [6.07, 6.45) is 2.67. The van der Waals surface area contributed by atoms with Crippen LogP contribution in [0.2, 0.25) is 0 Å². The van der Waals surface area contributed by atoms with Crippen molar-refractivity contribution in [2.45, 2.75) is 45.3 Å². The van der Waals surface area contributed by atoms with E-state index in [0.29, 0.717) is 0 Å². The van der Waals surface area contributed by atoms with Crippen LogP contribution in [0.3, 0.4) is 0 Å². The van der Waals surface area contributed by atoms with Gasteiger partial charge in [0, 0.05) is 6.04 Å². The number of nitrogens with one attached hydrogen (secondary N) is 1. The van der Waals surface area contributed by atoms with Crippen molar-refractivity contribution in [3.05, 3.63) is 0 Å². The predicted molar refractivity (Wildman–Crippen MR) is 65.1 cm³/mol. The van der Waals surface area contributed by atoms with Crippen LogP contribution in [0.15, 0.2) is 0 Å². The summed E-state index contributed by atoms with van der Waals surface area (Å²) in [7, 11) is -3.01. The van der Waals surface area contributed by atoms with Gasteiger partial charge in [0.1, 0.15) is 0 Å². The van der Waals surface area contributed by atoms with Gasteiger partial charge in [-0.15, -0.1) is 0 Å². The molecule has 96 valence electrons. The highest BCUT2D eigenvalue weighted by atomic mass is 32.2. The Hall–Kier alpha value is -0.130. The molecule has 16 heavy (non-hydrogen) atoms. The first-order chi connectivity index (χ1) is 7.41. The van der Waals surface area contributed by atoms with Gasteiger partial charge in [-0.25, -0.2) is 8.42 Å². The van der Waals surface area contributed by atoms with Crippen LogP contribution in [0.4, 0.5) is 0 Å². The van der Waals surface area contributed by atoms with Gasteiger partial charge in [-0.1, -0.05) is 26.7 Å². The fourth-order valence-corrected chi connectivity index (χ4v) is 3.76. The Kier molecular flexibility index (Phi) is 5.21. The molecule has 1 rings (SSSR count). The minimum Gasteiger partial charge on any atom is -0.390 e. The molecular weight excluding hydrogens is 226 g/mol. The van der Waals surface area contributed by atoms with Gasteiger partial charge in [-0.05, 0) is 18.9 Å². The van der Waals surface area contributed by atoms with E-state index in [2.05, 4.69) is 19.2 Å². The number of aliphatic hydroxyl groups excluding tert-OH is 1. The van der Waals surface area contributed by atoms with E-state index in [1.54, 1.807) is 0 Å². The van der Waals surface area contributed by atoms with Crippen LogP contribution in [-0.4, -0.2) is 43.7 Å². The molecule has 1 fully saturated rings. The van der Waals surface area contributed by atoms with Gasteiger partial charge in [-0.3, -0.25) is 0 Å². The SMILES string of the molecule is CC(C)CCCCNC1CS(=O)(=O)CC1O. The van der Waals surface area contributed by atoms with Crippen molar-refractivity contribution >= 4 is 9.84 Å². The van der Waals surface area contributed by atoms with E-state index in [-0.39, 0.29) is 17.5 Å². The summed E-state index contributed by atoms with van der Waals surface area (Å²) in [4.78, 5) is 0. The largest absolute Gasteiger partial charge is 0.390 e. The van der Waals surface area contributed by atoms with Crippen LogP contribution in [0.5, 0.6) is 0 Å². The Morgan fingerprint density at radius 2 is 2.00 bits per heavy atom. The molecule has 0 amide bonds. The van der Waals surface area contributed by atoms with Gasteiger partial charge >= 0.3 is 0 Å². The van der Waals surface area contributed by atoms with E-state index in [1.807, 2.05) is 0 Å². The first-order valence-corrected chi connectivity index (χ1v) is 7.85. The van der Waals surface area contributed by atoms with Crippen molar-refractivity contribution in [3.63, 3.8) is 0 Å². The van der Waals surface area contributed by atoms with E-state index in [4.69, 9.17) is 0 Å². The molecule has 0 aromatic heterocycles. The zero-order valence-corrected chi connectivity index (χ0v) is 11.0. The molecule has 5 heteroatoms. The fourth-order valence-electron chi connectivity index (χ4n) is 1.99. The van der Waals surface area contributed by atoms with E-state index >= 15 is 0 Å². The smallest absolute Gasteiger partial charge is 0.154 e. The molecule has 0 radical (unpaired) electrons. The van der Waals surface area contributed by atoms with Crippen molar-refractivity contribution in [1.29, 1.82) is 0 Å². The first-order valence-electron chi connectivity index (χ1n) is 6.02. The second kappa shape index (κ2) is 5.98. The molecule has 4 nitrogen and oxygen atoms in total. The summed E-state index contributed by atoms with van der Waals surface area (Å²) in [5, 5.41) is 12.7. The molecule has 0 spiro atoms. The quantitative estimate of drug-likeness (QED) is 0.675. The Labute approximate surface area is 98.4 Å². The molecule has 1 aliphatic heterocycles. The maximum atomic E-state index is 11.2. The van der Waals surface area contributed by atoms with Gasteiger partial charge in [0.2, 0.25) is 0 Å². The number of aliphatic hydroxyl groups is 1. The van der Waals surface area contributed by atoms with Crippen molar-refractivity contribution in [2.24, 2.45) is 5.92 Å². The molecule has 0 saturated carbocycles. The highest BCUT2D eigenvalue weighted by Gasteiger charge is 2.35. The normalized spacial score (nSPS) is 28.8. The monoisotopic (exact) mass is 249 g/mol. The maximum Gasteiger partial charge on any atom is 0.154 e. The Morgan fingerprint density at radius 3 is 2.50 bits per heavy atom. The topological polar surface area (TPSA) is 66.4 Å². The number of rotatable bonds is 6. The third kappa shape index (κ3) is 4.80. The lowest BCUT2D eigenvalue weighted by atomic mass is 10.1. The Bertz CT molecular complexity index is 300. The third-order valence-electron chi connectivity index (χ3n) is 2.94. The summed E-state index contributed by atoms with van der Waals surface area (Å²) in [5.74, 6) is 0.715. The number of hydrogen-bond acceptors (Lipinski definition) is 4. The van der Waals surface area contributed by atoms with E-state index < -0.39 is 15.9 Å². The standard InChI is InChI=1S/C11H23NO3S/c1-9(2)5-3-4-6-12-10-7-16(14,15)8-11(10)13/h9-13H,3-8H2,1-2H3. The van der Waals surface area contributed by atoms with Crippen LogP contribution >= 0.6 is 0 Å². The molecule has 1 aliphatic rings. The maximum absolute atomic E-state index is 11.2. The van der Waals surface area contributed by atoms with E-state index in [9.17, 15) is 13.5 Å². The second-order valence-electron chi connectivity index (χ2n) is 5.09. The highest BCUT2D eigenvalue weighted by molar-refractivity contribution is 7.91. The molecule has 1 heterocycles. The molecule has 2 atom stereocenters. The van der Waals surface area contributed by atoms with Gasteiger partial charge in [0.25, 0.3) is 0 Å². The minimum absolute atomic E-state index is 0.0817. The summed E-state index contributed by atoms with van der Waals surface area (Å²) in [5.41, 5.74) is 0. The summed E-state index contributed by atoms with van der Waals surface area (Å²) < 4.78 is 22.5. The lowest BCUT2D eigenvalue weighted by Crippen LogP contribution is -2.39. The van der Waals surface area contributed by atoms with Gasteiger partial charge in [0.05, 0.1) is 17.6 Å². The van der Waals surface area contributed by atoms with Crippen LogP contribution in [0.25, 0.3) is 0 Å². The molecular formula is C11H23NO3S. The molecule has 2 unspecified atom stereocenters. The van der Waals surface area contributed by atoms with Gasteiger partial charge in [-0.2, -0.15) is 0 Å². The molecule has 2 N–H and O–H groups in total. The lowest BCUT2D eigenvalue weighted by Gasteiger charge is -2.14. The predicted octanol–water partition coefficient (Wildman–Crippen LogP) is 0.560. The molecule has 0 aromatic carbocycles. The van der Waals surface area contributed by atoms with E-state index in [0.717, 1.165) is 25.3 Å². The van der Waals surface area contributed by atoms with Crippen molar-refractivity contribution < 1.29 is 13.5 Å². The average Bonchev–Trinajstić information content (AvgIpc) is 2.38. The Morgan fingerprint density at radius 1 is 1.31 bits per heavy atom. The fraction of sp³-hybridized carbons (Fsp3) is 1.00. The molecule has 0 bridgehead atoms. The second-order valence-corrected chi connectivity index (χ2v) is 7.25. The van der Waals surface area contributed by atoms with Crippen LogP contribution in [0, 0.1) is 5.92 Å². The van der Waals surface area contributed by atoms with Gasteiger partial charge < -0.3 is 10.4 Å². The third-order valence-corrected chi connectivity index (χ3v) is 4.65. The average molecular weight is 249 g/mol. The molecule has 0 aliphatic carbocycles. The van der Waals surface area contributed by atoms with Crippen molar-refractivity contribution in [2.75, 3.05) is 18.1 Å². The number of unbranched alkanes of at least 4 members (excludes halogenated alkanes) is 1. The van der Waals surface area contributed by atoms with Crippen molar-refractivity contribution in [3.8, 4) is 0 Å². The zero-order chi connectivity index (χ0) is 12.2.